The fourth-order valence-electron chi connectivity index (χ4n) is 3.00. The van der Waals surface area contributed by atoms with Crippen molar-refractivity contribution in [1.29, 1.82) is 0 Å². The monoisotopic (exact) mass is 349 g/mol. The zero-order valence-corrected chi connectivity index (χ0v) is 14.7. The normalized spacial score (nSPS) is 13.6. The van der Waals surface area contributed by atoms with Crippen molar-refractivity contribution in [2.45, 2.75) is 19.8 Å². The minimum Gasteiger partial charge on any atom is -0.497 e. The minimum atomic E-state index is 0.144. The fourth-order valence-corrected chi connectivity index (χ4v) is 3.00. The lowest BCUT2D eigenvalue weighted by Gasteiger charge is -2.30. The summed E-state index contributed by atoms with van der Waals surface area (Å²) >= 11 is 0. The number of ether oxygens (including phenoxy) is 1. The molecule has 6 nitrogen and oxygen atoms in total. The van der Waals surface area contributed by atoms with Crippen LogP contribution in [0, 0.1) is 6.92 Å². The second-order valence-corrected chi connectivity index (χ2v) is 6.33. The maximum Gasteiger partial charge on any atom is 0.231 e. The van der Waals surface area contributed by atoms with Crippen LogP contribution < -0.4 is 9.64 Å². The highest BCUT2D eigenvalue weighted by molar-refractivity contribution is 5.99. The van der Waals surface area contributed by atoms with E-state index >= 15 is 0 Å². The van der Waals surface area contributed by atoms with Crippen LogP contribution >= 0.6 is 0 Å². The molecule has 0 N–H and O–H groups in total. The molecule has 0 unspecified atom stereocenters. The van der Waals surface area contributed by atoms with Crippen molar-refractivity contribution >= 4 is 11.6 Å². The number of nitrogens with zero attached hydrogens (tertiary/aromatic N) is 3. The average molecular weight is 349 g/mol. The summed E-state index contributed by atoms with van der Waals surface area (Å²) in [5.41, 5.74) is 3.93. The molecule has 1 amide bonds. The number of hydrogen-bond donors (Lipinski definition) is 0. The number of β-lactam (4-membered cyclic amide) rings is 1. The Bertz CT molecular complexity index is 964. The Balaban J connectivity index is 1.55. The van der Waals surface area contributed by atoms with Crippen LogP contribution in [0.3, 0.4) is 0 Å². The first kappa shape index (κ1) is 16.3. The summed E-state index contributed by atoms with van der Waals surface area (Å²) in [5.74, 6) is 2.06. The third-order valence-corrected chi connectivity index (χ3v) is 4.63. The predicted molar refractivity (Wildman–Crippen MR) is 97.2 cm³/mol. The number of hydrogen-bond acceptors (Lipinski definition) is 5. The molecule has 2 aromatic carbocycles. The van der Waals surface area contributed by atoms with E-state index < -0.39 is 0 Å². The number of anilines is 1. The van der Waals surface area contributed by atoms with Gasteiger partial charge >= 0.3 is 0 Å². The number of rotatable bonds is 5. The fraction of sp³-hybridized carbons (Fsp3) is 0.250. The van der Waals surface area contributed by atoms with Gasteiger partial charge in [0, 0.05) is 24.2 Å². The molecule has 132 valence electrons. The Morgan fingerprint density at radius 3 is 2.81 bits per heavy atom. The first-order valence-corrected chi connectivity index (χ1v) is 8.51. The molecule has 0 aliphatic carbocycles. The largest absolute Gasteiger partial charge is 0.497 e. The molecule has 0 radical (unpaired) electrons. The predicted octanol–water partition coefficient (Wildman–Crippen LogP) is 3.38. The van der Waals surface area contributed by atoms with Gasteiger partial charge in [0.2, 0.25) is 17.6 Å². The maximum absolute atomic E-state index is 11.6. The van der Waals surface area contributed by atoms with Crippen LogP contribution in [0.15, 0.2) is 47.0 Å². The molecule has 1 saturated heterocycles. The van der Waals surface area contributed by atoms with E-state index in [9.17, 15) is 4.79 Å². The number of carbonyl (C=O) groups is 1. The van der Waals surface area contributed by atoms with Gasteiger partial charge in [-0.05, 0) is 42.3 Å². The van der Waals surface area contributed by atoms with Crippen LogP contribution in [0.5, 0.6) is 5.75 Å². The summed E-state index contributed by atoms with van der Waals surface area (Å²) in [7, 11) is 1.65. The van der Waals surface area contributed by atoms with Gasteiger partial charge in [-0.15, -0.1) is 0 Å². The molecule has 1 aromatic heterocycles. The highest BCUT2D eigenvalue weighted by atomic mass is 16.5. The molecule has 1 aliphatic heterocycles. The number of methoxy groups -OCH3 is 1. The lowest BCUT2D eigenvalue weighted by atomic mass is 10.1. The Hall–Kier alpha value is -3.15. The summed E-state index contributed by atoms with van der Waals surface area (Å²) in [6.07, 6.45) is 1.17. The van der Waals surface area contributed by atoms with Crippen molar-refractivity contribution in [3.05, 3.63) is 59.5 Å². The van der Waals surface area contributed by atoms with E-state index in [4.69, 9.17) is 9.26 Å². The smallest absolute Gasteiger partial charge is 0.231 e. The van der Waals surface area contributed by atoms with E-state index in [1.807, 2.05) is 49.4 Å². The lowest BCUT2D eigenvalue weighted by molar-refractivity contribution is -0.122. The standard InChI is InChI=1S/C20H19N3O3/c1-13-10-17(25-2)7-6-14(13)12-18-21-20(22-26-18)15-4-3-5-16(11-15)23-9-8-19(23)24/h3-7,10-11H,8-9,12H2,1-2H3. The highest BCUT2D eigenvalue weighted by Gasteiger charge is 2.25. The maximum atomic E-state index is 11.6. The van der Waals surface area contributed by atoms with Gasteiger partial charge in [-0.25, -0.2) is 0 Å². The van der Waals surface area contributed by atoms with Crippen LogP contribution in [0.25, 0.3) is 11.4 Å². The van der Waals surface area contributed by atoms with Crippen LogP contribution in [-0.2, 0) is 11.2 Å². The summed E-state index contributed by atoms with van der Waals surface area (Å²) in [4.78, 5) is 17.9. The van der Waals surface area contributed by atoms with Gasteiger partial charge in [-0.2, -0.15) is 4.98 Å². The molecule has 26 heavy (non-hydrogen) atoms. The topological polar surface area (TPSA) is 68.5 Å². The Morgan fingerprint density at radius 1 is 1.23 bits per heavy atom. The number of aromatic nitrogens is 2. The summed E-state index contributed by atoms with van der Waals surface area (Å²) in [5, 5.41) is 4.10. The van der Waals surface area contributed by atoms with Crippen molar-refractivity contribution in [2.75, 3.05) is 18.6 Å². The van der Waals surface area contributed by atoms with Gasteiger partial charge in [-0.3, -0.25) is 4.79 Å². The first-order chi connectivity index (χ1) is 12.6. The van der Waals surface area contributed by atoms with Gasteiger partial charge in [0.15, 0.2) is 0 Å². The van der Waals surface area contributed by atoms with E-state index in [0.717, 1.165) is 34.7 Å². The molecule has 3 aromatic rings. The molecule has 0 bridgehead atoms. The number of amides is 1. The zero-order valence-electron chi connectivity index (χ0n) is 14.7. The second kappa shape index (κ2) is 6.63. The second-order valence-electron chi connectivity index (χ2n) is 6.33. The van der Waals surface area contributed by atoms with Crippen molar-refractivity contribution in [3.8, 4) is 17.1 Å². The van der Waals surface area contributed by atoms with Crippen LogP contribution in [-0.4, -0.2) is 29.7 Å². The number of benzene rings is 2. The van der Waals surface area contributed by atoms with Crippen LogP contribution in [0.2, 0.25) is 0 Å². The van der Waals surface area contributed by atoms with Crippen LogP contribution in [0.4, 0.5) is 5.69 Å². The van der Waals surface area contributed by atoms with E-state index in [0.29, 0.717) is 24.6 Å². The molecule has 1 fully saturated rings. The summed E-state index contributed by atoms with van der Waals surface area (Å²) < 4.78 is 10.7. The van der Waals surface area contributed by atoms with E-state index in [1.165, 1.54) is 0 Å². The van der Waals surface area contributed by atoms with Crippen molar-refractivity contribution < 1.29 is 14.1 Å². The van der Waals surface area contributed by atoms with Crippen LogP contribution in [0.1, 0.15) is 23.4 Å². The first-order valence-electron chi connectivity index (χ1n) is 8.51. The molecule has 0 spiro atoms. The van der Waals surface area contributed by atoms with Gasteiger partial charge in [-0.1, -0.05) is 23.4 Å². The molecule has 4 rings (SSSR count). The number of carbonyl (C=O) groups excluding carboxylic acids is 1. The summed E-state index contributed by atoms with van der Waals surface area (Å²) in [6.45, 7) is 2.79. The number of aryl methyl sites for hydroxylation is 1. The van der Waals surface area contributed by atoms with Crippen molar-refractivity contribution in [3.63, 3.8) is 0 Å². The zero-order chi connectivity index (χ0) is 18.1. The molecular weight excluding hydrogens is 330 g/mol. The van der Waals surface area contributed by atoms with Gasteiger partial charge in [0.05, 0.1) is 13.5 Å². The third-order valence-electron chi connectivity index (χ3n) is 4.63. The highest BCUT2D eigenvalue weighted by Crippen LogP contribution is 2.27. The lowest BCUT2D eigenvalue weighted by Crippen LogP contribution is -2.43. The minimum absolute atomic E-state index is 0.144. The van der Waals surface area contributed by atoms with Gasteiger partial charge in [0.25, 0.3) is 0 Å². The third kappa shape index (κ3) is 3.06. The molecule has 1 aliphatic rings. The molecule has 0 atom stereocenters. The van der Waals surface area contributed by atoms with E-state index in [-0.39, 0.29) is 5.91 Å². The van der Waals surface area contributed by atoms with Crippen molar-refractivity contribution in [2.24, 2.45) is 0 Å². The molecule has 6 heteroatoms. The molecule has 0 saturated carbocycles. The van der Waals surface area contributed by atoms with Crippen molar-refractivity contribution in [1.82, 2.24) is 10.1 Å². The molecule has 2 heterocycles. The Morgan fingerprint density at radius 2 is 2.12 bits per heavy atom. The van der Waals surface area contributed by atoms with Gasteiger partial charge in [0.1, 0.15) is 5.75 Å². The SMILES string of the molecule is COc1ccc(Cc2nc(-c3cccc(N4CCC4=O)c3)no2)c(C)c1. The Kier molecular flexibility index (Phi) is 4.16. The molecular formula is C20H19N3O3. The van der Waals surface area contributed by atoms with Gasteiger partial charge < -0.3 is 14.2 Å². The van der Waals surface area contributed by atoms with E-state index in [1.54, 1.807) is 12.0 Å². The Labute approximate surface area is 151 Å². The average Bonchev–Trinajstić information content (AvgIpc) is 3.11. The summed E-state index contributed by atoms with van der Waals surface area (Å²) in [6, 6.07) is 13.6. The quantitative estimate of drug-likeness (QED) is 0.661. The van der Waals surface area contributed by atoms with E-state index in [2.05, 4.69) is 10.1 Å².